The van der Waals surface area contributed by atoms with Crippen molar-refractivity contribution < 1.29 is 14.6 Å². The van der Waals surface area contributed by atoms with E-state index in [1.807, 2.05) is 53.6 Å². The van der Waals surface area contributed by atoms with E-state index in [0.717, 1.165) is 5.56 Å². The average molecular weight is 285 g/mol. The lowest BCUT2D eigenvalue weighted by Crippen LogP contribution is -2.34. The number of nitrogens with zero attached hydrogens (tertiary/aromatic N) is 1. The fourth-order valence-electron chi connectivity index (χ4n) is 2.03. The van der Waals surface area contributed by atoms with Gasteiger partial charge in [-0.1, -0.05) is 36.4 Å². The van der Waals surface area contributed by atoms with E-state index in [4.69, 9.17) is 4.74 Å². The maximum atomic E-state index is 11.6. The predicted octanol–water partition coefficient (Wildman–Crippen LogP) is 2.72. The number of esters is 1. The minimum Gasteiger partial charge on any atom is -0.508 e. The Kier molecular flexibility index (Phi) is 5.21. The van der Waals surface area contributed by atoms with Crippen molar-refractivity contribution in [3.05, 3.63) is 60.3 Å². The van der Waals surface area contributed by atoms with Gasteiger partial charge < -0.3 is 14.7 Å². The summed E-state index contributed by atoms with van der Waals surface area (Å²) in [6, 6.07) is 6.97. The first kappa shape index (κ1) is 14.9. The van der Waals surface area contributed by atoms with Gasteiger partial charge in [0.2, 0.25) is 0 Å². The molecule has 0 radical (unpaired) electrons. The van der Waals surface area contributed by atoms with Crippen molar-refractivity contribution in [1.29, 1.82) is 0 Å². The molecule has 1 heterocycles. The monoisotopic (exact) mass is 285 g/mol. The Bertz CT molecular complexity index is 558. The van der Waals surface area contributed by atoms with Crippen LogP contribution in [0.15, 0.2) is 54.8 Å². The first-order valence-corrected chi connectivity index (χ1v) is 6.92. The van der Waals surface area contributed by atoms with Gasteiger partial charge in [0.05, 0.1) is 12.6 Å². The highest BCUT2D eigenvalue weighted by molar-refractivity contribution is 5.72. The number of carbonyl (C=O) groups is 1. The molecule has 0 aliphatic carbocycles. The number of carbonyl (C=O) groups excluding carboxylic acids is 1. The van der Waals surface area contributed by atoms with Crippen LogP contribution in [-0.4, -0.2) is 35.2 Å². The lowest BCUT2D eigenvalue weighted by molar-refractivity contribution is -0.143. The molecule has 1 aromatic carbocycles. The minimum atomic E-state index is -0.236. The predicted molar refractivity (Wildman–Crippen MR) is 82.5 cm³/mol. The zero-order valence-electron chi connectivity index (χ0n) is 12.0. The third-order valence-electron chi connectivity index (χ3n) is 3.08. The molecule has 4 nitrogen and oxygen atoms in total. The molecular weight excluding hydrogens is 266 g/mol. The summed E-state index contributed by atoms with van der Waals surface area (Å²) in [7, 11) is 0. The van der Waals surface area contributed by atoms with Gasteiger partial charge in [0.1, 0.15) is 12.3 Å². The minimum absolute atomic E-state index is 0.00760. The summed E-state index contributed by atoms with van der Waals surface area (Å²) in [5.74, 6) is 0.0112. The van der Waals surface area contributed by atoms with Crippen LogP contribution in [0.4, 0.5) is 0 Å². The van der Waals surface area contributed by atoms with Crippen LogP contribution in [0.3, 0.4) is 0 Å². The normalized spacial score (nSPS) is 17.4. The third kappa shape index (κ3) is 4.53. The highest BCUT2D eigenvalue weighted by atomic mass is 16.5. The van der Waals surface area contributed by atoms with Gasteiger partial charge in [0.25, 0.3) is 0 Å². The van der Waals surface area contributed by atoms with E-state index in [1.165, 1.54) is 0 Å². The number of aromatic hydroxyl groups is 1. The molecule has 2 rings (SSSR count). The van der Waals surface area contributed by atoms with Crippen molar-refractivity contribution in [1.82, 2.24) is 4.90 Å². The van der Waals surface area contributed by atoms with Crippen molar-refractivity contribution in [2.24, 2.45) is 0 Å². The van der Waals surface area contributed by atoms with Gasteiger partial charge in [0.15, 0.2) is 0 Å². The smallest absolute Gasteiger partial charge is 0.325 e. The summed E-state index contributed by atoms with van der Waals surface area (Å²) in [5.41, 5.74) is 0.992. The largest absolute Gasteiger partial charge is 0.508 e. The quantitative estimate of drug-likeness (QED) is 0.845. The molecule has 0 spiro atoms. The van der Waals surface area contributed by atoms with Crippen LogP contribution in [-0.2, 0) is 9.53 Å². The Morgan fingerprint density at radius 1 is 1.33 bits per heavy atom. The number of ether oxygens (including phenoxy) is 1. The number of allylic oxidation sites excluding steroid dienone is 2. The molecule has 0 fully saturated rings. The van der Waals surface area contributed by atoms with Crippen molar-refractivity contribution in [3.63, 3.8) is 0 Å². The molecule has 0 bridgehead atoms. The average Bonchev–Trinajstić information content (AvgIpc) is 2.48. The van der Waals surface area contributed by atoms with Gasteiger partial charge in [-0.15, -0.1) is 0 Å². The standard InChI is InChI=1S/C17H19NO3/c1-2-21-17(20)13-18-12-4-3-5-15(18)9-6-14-7-10-16(19)11-8-14/h3-12,15,19H,2,13H2,1H3/b9-6+. The number of phenolic OH excluding ortho intramolecular Hbond substituents is 1. The second-order valence-electron chi connectivity index (χ2n) is 4.65. The van der Waals surface area contributed by atoms with E-state index in [2.05, 4.69) is 0 Å². The highest BCUT2D eigenvalue weighted by Gasteiger charge is 2.15. The van der Waals surface area contributed by atoms with Gasteiger partial charge in [-0.05, 0) is 30.7 Å². The van der Waals surface area contributed by atoms with Crippen LogP contribution in [0, 0.1) is 0 Å². The molecule has 0 saturated carbocycles. The molecule has 0 amide bonds. The Labute approximate surface area is 124 Å². The first-order valence-electron chi connectivity index (χ1n) is 6.92. The number of benzene rings is 1. The number of rotatable bonds is 5. The third-order valence-corrected chi connectivity index (χ3v) is 3.08. The summed E-state index contributed by atoms with van der Waals surface area (Å²) in [6.07, 6.45) is 11.7. The van der Waals surface area contributed by atoms with Gasteiger partial charge in [0, 0.05) is 6.20 Å². The maximum Gasteiger partial charge on any atom is 0.325 e. The summed E-state index contributed by atoms with van der Waals surface area (Å²) in [6.45, 7) is 2.41. The van der Waals surface area contributed by atoms with E-state index >= 15 is 0 Å². The van der Waals surface area contributed by atoms with Crippen molar-refractivity contribution in [2.45, 2.75) is 13.0 Å². The van der Waals surface area contributed by atoms with E-state index in [-0.39, 0.29) is 24.3 Å². The molecule has 1 N–H and O–H groups in total. The molecule has 21 heavy (non-hydrogen) atoms. The highest BCUT2D eigenvalue weighted by Crippen LogP contribution is 2.14. The topological polar surface area (TPSA) is 49.8 Å². The Morgan fingerprint density at radius 2 is 2.10 bits per heavy atom. The van der Waals surface area contributed by atoms with Crippen LogP contribution in [0.5, 0.6) is 5.75 Å². The summed E-state index contributed by atoms with van der Waals surface area (Å²) in [4.78, 5) is 13.5. The molecule has 1 aromatic rings. The number of hydrogen-bond donors (Lipinski definition) is 1. The molecule has 0 aromatic heterocycles. The van der Waals surface area contributed by atoms with Gasteiger partial charge in [-0.2, -0.15) is 0 Å². The van der Waals surface area contributed by atoms with E-state index in [9.17, 15) is 9.90 Å². The zero-order valence-corrected chi connectivity index (χ0v) is 12.0. The SMILES string of the molecule is CCOC(=O)CN1C=CC=CC1/C=C/c1ccc(O)cc1. The van der Waals surface area contributed by atoms with Crippen LogP contribution >= 0.6 is 0 Å². The van der Waals surface area contributed by atoms with Crippen molar-refractivity contribution >= 4 is 12.0 Å². The fourth-order valence-corrected chi connectivity index (χ4v) is 2.03. The Hall–Kier alpha value is -2.49. The van der Waals surface area contributed by atoms with Crippen molar-refractivity contribution in [3.8, 4) is 5.75 Å². The van der Waals surface area contributed by atoms with Crippen LogP contribution in [0.1, 0.15) is 12.5 Å². The second kappa shape index (κ2) is 7.33. The first-order chi connectivity index (χ1) is 10.2. The van der Waals surface area contributed by atoms with Crippen LogP contribution in [0.2, 0.25) is 0 Å². The van der Waals surface area contributed by atoms with E-state index in [1.54, 1.807) is 19.1 Å². The Balaban J connectivity index is 2.02. The van der Waals surface area contributed by atoms with Crippen LogP contribution in [0.25, 0.3) is 6.08 Å². The maximum absolute atomic E-state index is 11.6. The molecule has 4 heteroatoms. The molecule has 1 atom stereocenters. The van der Waals surface area contributed by atoms with Crippen LogP contribution < -0.4 is 0 Å². The van der Waals surface area contributed by atoms with E-state index in [0.29, 0.717) is 6.61 Å². The van der Waals surface area contributed by atoms with Crippen molar-refractivity contribution in [2.75, 3.05) is 13.2 Å². The summed E-state index contributed by atoms with van der Waals surface area (Å²) in [5, 5.41) is 9.26. The molecular formula is C17H19NO3. The lowest BCUT2D eigenvalue weighted by Gasteiger charge is -2.27. The Morgan fingerprint density at radius 3 is 2.81 bits per heavy atom. The number of phenols is 1. The van der Waals surface area contributed by atoms with E-state index < -0.39 is 0 Å². The molecule has 0 saturated heterocycles. The van der Waals surface area contributed by atoms with Gasteiger partial charge >= 0.3 is 5.97 Å². The fraction of sp³-hybridized carbons (Fsp3) is 0.235. The molecule has 1 aliphatic heterocycles. The molecule has 110 valence electrons. The summed E-state index contributed by atoms with van der Waals surface area (Å²) < 4.78 is 4.98. The zero-order chi connectivity index (χ0) is 15.1. The van der Waals surface area contributed by atoms with Gasteiger partial charge in [-0.3, -0.25) is 4.79 Å². The van der Waals surface area contributed by atoms with Gasteiger partial charge in [-0.25, -0.2) is 0 Å². The molecule has 1 unspecified atom stereocenters. The molecule has 1 aliphatic rings. The summed E-state index contributed by atoms with van der Waals surface area (Å²) >= 11 is 0. The number of hydrogen-bond acceptors (Lipinski definition) is 4. The lowest BCUT2D eigenvalue weighted by atomic mass is 10.1. The second-order valence-corrected chi connectivity index (χ2v) is 4.65.